The average molecular weight is 260 g/mol. The van der Waals surface area contributed by atoms with E-state index < -0.39 is 5.60 Å². The number of aliphatic hydroxyl groups is 1. The molecule has 1 saturated heterocycles. The van der Waals surface area contributed by atoms with Gasteiger partial charge in [-0.15, -0.1) is 0 Å². The maximum Gasteiger partial charge on any atom is 0.225 e. The van der Waals surface area contributed by atoms with E-state index in [2.05, 4.69) is 0 Å². The van der Waals surface area contributed by atoms with Crippen molar-refractivity contribution in [3.8, 4) is 0 Å². The van der Waals surface area contributed by atoms with Crippen LogP contribution >= 0.6 is 0 Å². The van der Waals surface area contributed by atoms with Crippen molar-refractivity contribution < 1.29 is 19.4 Å². The van der Waals surface area contributed by atoms with Crippen LogP contribution in [0.15, 0.2) is 0 Å². The van der Waals surface area contributed by atoms with Crippen LogP contribution in [0.25, 0.3) is 0 Å². The third-order valence-corrected chi connectivity index (χ3v) is 3.38. The molecule has 1 atom stereocenters. The summed E-state index contributed by atoms with van der Waals surface area (Å²) in [6.07, 6.45) is 1.12. The molecule has 1 amide bonds. The Hall–Kier alpha value is -0.690. The summed E-state index contributed by atoms with van der Waals surface area (Å²) in [4.78, 5) is 13.5. The predicted octanol–water partition coefficient (Wildman–Crippen LogP) is -0.650. The molecule has 18 heavy (non-hydrogen) atoms. The zero-order valence-corrected chi connectivity index (χ0v) is 11.2. The molecule has 0 aromatic carbocycles. The number of ether oxygens (including phenoxy) is 2. The van der Waals surface area contributed by atoms with Crippen LogP contribution in [0.5, 0.6) is 0 Å². The molecule has 0 saturated carbocycles. The first-order valence-corrected chi connectivity index (χ1v) is 6.28. The van der Waals surface area contributed by atoms with Gasteiger partial charge in [-0.3, -0.25) is 4.79 Å². The highest BCUT2D eigenvalue weighted by molar-refractivity contribution is 5.76. The second kappa shape index (κ2) is 7.04. The lowest BCUT2D eigenvalue weighted by molar-refractivity contribution is -0.139. The number of amides is 1. The molecule has 1 unspecified atom stereocenters. The first-order chi connectivity index (χ1) is 8.50. The number of likely N-dealkylation sites (N-methyl/N-ethyl adjacent to an activating group) is 1. The molecule has 6 heteroatoms. The van der Waals surface area contributed by atoms with Crippen LogP contribution in [0.3, 0.4) is 0 Å². The van der Waals surface area contributed by atoms with Gasteiger partial charge >= 0.3 is 0 Å². The Morgan fingerprint density at radius 3 is 2.67 bits per heavy atom. The number of rotatable bonds is 6. The molecule has 0 aromatic rings. The highest BCUT2D eigenvalue weighted by Gasteiger charge is 2.32. The number of nitrogens with two attached hydrogens (primary N) is 1. The van der Waals surface area contributed by atoms with E-state index in [4.69, 9.17) is 15.2 Å². The summed E-state index contributed by atoms with van der Waals surface area (Å²) < 4.78 is 10.3. The van der Waals surface area contributed by atoms with E-state index in [0.29, 0.717) is 39.1 Å². The SMILES string of the molecule is COC(CN)CC(=O)N(C)CC1(O)CCOCC1. The zero-order valence-electron chi connectivity index (χ0n) is 11.2. The van der Waals surface area contributed by atoms with Gasteiger partial charge in [0.1, 0.15) is 0 Å². The molecule has 0 radical (unpaired) electrons. The lowest BCUT2D eigenvalue weighted by atomic mass is 9.94. The molecule has 0 aliphatic carbocycles. The smallest absolute Gasteiger partial charge is 0.225 e. The van der Waals surface area contributed by atoms with E-state index in [1.54, 1.807) is 11.9 Å². The fourth-order valence-corrected chi connectivity index (χ4v) is 2.05. The Morgan fingerprint density at radius 1 is 1.56 bits per heavy atom. The first kappa shape index (κ1) is 15.4. The molecule has 1 aliphatic heterocycles. The van der Waals surface area contributed by atoms with Gasteiger partial charge in [0.05, 0.1) is 18.1 Å². The maximum absolute atomic E-state index is 11.9. The molecule has 1 rings (SSSR count). The quantitative estimate of drug-likeness (QED) is 0.663. The number of methoxy groups -OCH3 is 1. The molecule has 0 aromatic heterocycles. The van der Waals surface area contributed by atoms with Gasteiger partial charge < -0.3 is 25.2 Å². The summed E-state index contributed by atoms with van der Waals surface area (Å²) >= 11 is 0. The van der Waals surface area contributed by atoms with Gasteiger partial charge in [-0.05, 0) is 0 Å². The molecule has 3 N–H and O–H groups in total. The minimum Gasteiger partial charge on any atom is -0.388 e. The van der Waals surface area contributed by atoms with E-state index in [9.17, 15) is 9.90 Å². The summed E-state index contributed by atoms with van der Waals surface area (Å²) in [5.74, 6) is -0.0628. The molecule has 0 spiro atoms. The summed E-state index contributed by atoms with van der Waals surface area (Å²) in [7, 11) is 3.23. The highest BCUT2D eigenvalue weighted by Crippen LogP contribution is 2.21. The topological polar surface area (TPSA) is 85.0 Å². The molecule has 1 aliphatic rings. The van der Waals surface area contributed by atoms with Crippen molar-refractivity contribution in [3.63, 3.8) is 0 Å². The number of carbonyl (C=O) groups excluding carboxylic acids is 1. The van der Waals surface area contributed by atoms with Crippen LogP contribution < -0.4 is 5.73 Å². The van der Waals surface area contributed by atoms with Crippen LogP contribution in [0.2, 0.25) is 0 Å². The van der Waals surface area contributed by atoms with Crippen molar-refractivity contribution in [1.82, 2.24) is 4.90 Å². The summed E-state index contributed by atoms with van der Waals surface area (Å²) in [6, 6.07) is 0. The van der Waals surface area contributed by atoms with Gasteiger partial charge in [-0.1, -0.05) is 0 Å². The van der Waals surface area contributed by atoms with Crippen molar-refractivity contribution in [1.29, 1.82) is 0 Å². The van der Waals surface area contributed by atoms with Crippen LogP contribution in [0.4, 0.5) is 0 Å². The maximum atomic E-state index is 11.9. The molecule has 1 heterocycles. The third kappa shape index (κ3) is 4.53. The van der Waals surface area contributed by atoms with Gasteiger partial charge in [0.25, 0.3) is 0 Å². The predicted molar refractivity (Wildman–Crippen MR) is 67.1 cm³/mol. The van der Waals surface area contributed by atoms with E-state index in [1.165, 1.54) is 7.11 Å². The number of hydrogen-bond acceptors (Lipinski definition) is 5. The minimum atomic E-state index is -0.825. The van der Waals surface area contributed by atoms with Crippen LogP contribution in [0, 0.1) is 0 Å². The van der Waals surface area contributed by atoms with E-state index >= 15 is 0 Å². The van der Waals surface area contributed by atoms with E-state index in [1.807, 2.05) is 0 Å². The van der Waals surface area contributed by atoms with Crippen molar-refractivity contribution in [2.75, 3.05) is 40.5 Å². The average Bonchev–Trinajstić information content (AvgIpc) is 2.35. The monoisotopic (exact) mass is 260 g/mol. The Morgan fingerprint density at radius 2 is 2.17 bits per heavy atom. The number of nitrogens with zero attached hydrogens (tertiary/aromatic N) is 1. The van der Waals surface area contributed by atoms with Crippen molar-refractivity contribution in [3.05, 3.63) is 0 Å². The lowest BCUT2D eigenvalue weighted by Gasteiger charge is -2.35. The Bertz CT molecular complexity index is 263. The fraction of sp³-hybridized carbons (Fsp3) is 0.917. The minimum absolute atomic E-state index is 0.0628. The molecular formula is C12H24N2O4. The molecule has 106 valence electrons. The molecule has 1 fully saturated rings. The summed E-state index contributed by atoms with van der Waals surface area (Å²) in [5.41, 5.74) is 4.65. The van der Waals surface area contributed by atoms with Gasteiger partial charge in [0.15, 0.2) is 0 Å². The largest absolute Gasteiger partial charge is 0.388 e. The highest BCUT2D eigenvalue weighted by atomic mass is 16.5. The van der Waals surface area contributed by atoms with Crippen molar-refractivity contribution in [2.24, 2.45) is 5.73 Å². The standard InChI is InChI=1S/C12H24N2O4/c1-14(11(15)7-10(8-13)17-2)9-12(16)3-5-18-6-4-12/h10,16H,3-9,13H2,1-2H3. The molecule has 6 nitrogen and oxygen atoms in total. The summed E-state index contributed by atoms with van der Waals surface area (Å²) in [5, 5.41) is 10.3. The Labute approximate surface area is 108 Å². The van der Waals surface area contributed by atoms with Crippen LogP contribution in [-0.2, 0) is 14.3 Å². The first-order valence-electron chi connectivity index (χ1n) is 6.28. The van der Waals surface area contributed by atoms with Gasteiger partial charge in [-0.25, -0.2) is 0 Å². The zero-order chi connectivity index (χ0) is 13.6. The number of hydrogen-bond donors (Lipinski definition) is 2. The third-order valence-electron chi connectivity index (χ3n) is 3.38. The van der Waals surface area contributed by atoms with Gasteiger partial charge in [0, 0.05) is 53.3 Å². The molecule has 0 bridgehead atoms. The Balaban J connectivity index is 2.43. The van der Waals surface area contributed by atoms with Crippen molar-refractivity contribution >= 4 is 5.91 Å². The van der Waals surface area contributed by atoms with E-state index in [-0.39, 0.29) is 18.4 Å². The second-order valence-corrected chi connectivity index (χ2v) is 4.88. The lowest BCUT2D eigenvalue weighted by Crippen LogP contribution is -2.48. The normalized spacial score (nSPS) is 20.4. The second-order valence-electron chi connectivity index (χ2n) is 4.88. The van der Waals surface area contributed by atoms with E-state index in [0.717, 1.165) is 0 Å². The summed E-state index contributed by atoms with van der Waals surface area (Å²) in [6.45, 7) is 1.73. The van der Waals surface area contributed by atoms with Crippen molar-refractivity contribution in [2.45, 2.75) is 31.0 Å². The van der Waals surface area contributed by atoms with Gasteiger partial charge in [0.2, 0.25) is 5.91 Å². The fourth-order valence-electron chi connectivity index (χ4n) is 2.05. The number of carbonyl (C=O) groups is 1. The van der Waals surface area contributed by atoms with Crippen LogP contribution in [-0.4, -0.2) is 68.1 Å². The van der Waals surface area contributed by atoms with Gasteiger partial charge in [-0.2, -0.15) is 0 Å². The molecular weight excluding hydrogens is 236 g/mol. The Kier molecular flexibility index (Phi) is 6.01. The van der Waals surface area contributed by atoms with Crippen LogP contribution in [0.1, 0.15) is 19.3 Å².